The van der Waals surface area contributed by atoms with E-state index in [0.717, 1.165) is 17.0 Å². The van der Waals surface area contributed by atoms with Gasteiger partial charge in [0, 0.05) is 17.4 Å². The van der Waals surface area contributed by atoms with E-state index in [1.54, 1.807) is 6.07 Å². The molecule has 0 amide bonds. The van der Waals surface area contributed by atoms with Gasteiger partial charge in [0.1, 0.15) is 0 Å². The SMILES string of the molecule is C#Cc1ccc(-c2cc(C(F)(F)F)nn2-c2ccc(S(C)(=O)=O)cc2)cc1Cl. The van der Waals surface area contributed by atoms with Crippen LogP contribution in [0, 0.1) is 12.3 Å². The highest BCUT2D eigenvalue weighted by Crippen LogP contribution is 2.34. The fraction of sp³-hybridized carbons (Fsp3) is 0.105. The van der Waals surface area contributed by atoms with Crippen molar-refractivity contribution in [3.63, 3.8) is 0 Å². The van der Waals surface area contributed by atoms with Crippen LogP contribution in [0.1, 0.15) is 11.3 Å². The van der Waals surface area contributed by atoms with Crippen LogP contribution in [0.4, 0.5) is 13.2 Å². The van der Waals surface area contributed by atoms with E-state index < -0.39 is 21.7 Å². The lowest BCUT2D eigenvalue weighted by Crippen LogP contribution is -2.07. The number of halogens is 4. The van der Waals surface area contributed by atoms with E-state index in [-0.39, 0.29) is 21.3 Å². The molecule has 0 radical (unpaired) electrons. The third-order valence-corrected chi connectivity index (χ3v) is 5.37. The van der Waals surface area contributed by atoms with Crippen LogP contribution < -0.4 is 0 Å². The monoisotopic (exact) mass is 424 g/mol. The average molecular weight is 425 g/mol. The Kier molecular flexibility index (Phi) is 5.00. The summed E-state index contributed by atoms with van der Waals surface area (Å²) < 4.78 is 64.0. The van der Waals surface area contributed by atoms with Crippen molar-refractivity contribution in [1.29, 1.82) is 0 Å². The molecule has 0 spiro atoms. The molecule has 0 aliphatic carbocycles. The van der Waals surface area contributed by atoms with E-state index >= 15 is 0 Å². The molecule has 1 aromatic heterocycles. The van der Waals surface area contributed by atoms with Gasteiger partial charge in [0.2, 0.25) is 0 Å². The molecule has 4 nitrogen and oxygen atoms in total. The predicted octanol–water partition coefficient (Wildman–Crippen LogP) is 4.60. The zero-order valence-corrected chi connectivity index (χ0v) is 15.9. The van der Waals surface area contributed by atoms with E-state index in [9.17, 15) is 21.6 Å². The number of benzene rings is 2. The van der Waals surface area contributed by atoms with Crippen molar-refractivity contribution in [3.05, 3.63) is 64.8 Å². The van der Waals surface area contributed by atoms with Gasteiger partial charge in [-0.1, -0.05) is 23.6 Å². The van der Waals surface area contributed by atoms with E-state index in [2.05, 4.69) is 11.0 Å². The first-order valence-corrected chi connectivity index (χ1v) is 10.0. The number of nitrogens with zero attached hydrogens (tertiary/aromatic N) is 2. The Balaban J connectivity index is 2.19. The van der Waals surface area contributed by atoms with Crippen molar-refractivity contribution < 1.29 is 21.6 Å². The molecule has 0 bridgehead atoms. The topological polar surface area (TPSA) is 52.0 Å². The van der Waals surface area contributed by atoms with Crippen molar-refractivity contribution in [1.82, 2.24) is 9.78 Å². The molecule has 1 heterocycles. The van der Waals surface area contributed by atoms with Gasteiger partial charge in [0.15, 0.2) is 15.5 Å². The van der Waals surface area contributed by atoms with E-state index in [0.29, 0.717) is 11.1 Å². The van der Waals surface area contributed by atoms with Crippen LogP contribution in [0.5, 0.6) is 0 Å². The number of rotatable bonds is 3. The Morgan fingerprint density at radius 3 is 2.25 bits per heavy atom. The predicted molar refractivity (Wildman–Crippen MR) is 100 cm³/mol. The van der Waals surface area contributed by atoms with Crippen LogP contribution in [-0.2, 0) is 16.0 Å². The second kappa shape index (κ2) is 7.00. The van der Waals surface area contributed by atoms with Crippen LogP contribution in [0.2, 0.25) is 5.02 Å². The van der Waals surface area contributed by atoms with Crippen molar-refractivity contribution in [2.45, 2.75) is 11.1 Å². The molecule has 28 heavy (non-hydrogen) atoms. The maximum Gasteiger partial charge on any atom is 0.435 e. The van der Waals surface area contributed by atoms with Gasteiger partial charge < -0.3 is 0 Å². The molecule has 144 valence electrons. The standard InChI is InChI=1S/C19H12ClF3N2O2S/c1-3-12-4-5-13(10-16(12)20)17-11-18(19(21,22)23)24-25(17)14-6-8-15(9-7-14)28(2,26)27/h1,4-11H,2H3. The normalized spacial score (nSPS) is 12.0. The van der Waals surface area contributed by atoms with Crippen LogP contribution >= 0.6 is 11.6 Å². The quantitative estimate of drug-likeness (QED) is 0.577. The Morgan fingerprint density at radius 2 is 1.75 bits per heavy atom. The molecule has 0 fully saturated rings. The molecule has 9 heteroatoms. The number of hydrogen-bond acceptors (Lipinski definition) is 3. The van der Waals surface area contributed by atoms with Gasteiger partial charge in [-0.2, -0.15) is 18.3 Å². The summed E-state index contributed by atoms with van der Waals surface area (Å²) in [5, 5.41) is 3.87. The Bertz CT molecular complexity index is 1190. The zero-order valence-electron chi connectivity index (χ0n) is 14.3. The fourth-order valence-corrected chi connectivity index (χ4v) is 3.41. The maximum absolute atomic E-state index is 13.2. The summed E-state index contributed by atoms with van der Waals surface area (Å²) in [6.45, 7) is 0. The Labute approximate surface area is 164 Å². The second-order valence-corrected chi connectivity index (χ2v) is 8.35. The molecule has 0 aliphatic rings. The van der Waals surface area contributed by atoms with Crippen LogP contribution in [-0.4, -0.2) is 24.5 Å². The van der Waals surface area contributed by atoms with Crippen LogP contribution in [0.3, 0.4) is 0 Å². The maximum atomic E-state index is 13.2. The minimum absolute atomic E-state index is 0.0439. The van der Waals surface area contributed by atoms with E-state index in [1.165, 1.54) is 36.4 Å². The minimum atomic E-state index is -4.66. The summed E-state index contributed by atoms with van der Waals surface area (Å²) >= 11 is 6.08. The summed E-state index contributed by atoms with van der Waals surface area (Å²) in [6.07, 6.45) is 1.70. The highest BCUT2D eigenvalue weighted by atomic mass is 35.5. The summed E-state index contributed by atoms with van der Waals surface area (Å²) in [6, 6.07) is 10.8. The van der Waals surface area contributed by atoms with Gasteiger partial charge in [0.25, 0.3) is 0 Å². The van der Waals surface area contributed by atoms with Crippen LogP contribution in [0.25, 0.3) is 16.9 Å². The first kappa shape index (κ1) is 20.0. The highest BCUT2D eigenvalue weighted by Gasteiger charge is 2.35. The first-order chi connectivity index (χ1) is 13.0. The molecule has 0 saturated heterocycles. The number of terminal acetylenes is 1. The Hall–Kier alpha value is -2.76. The smallest absolute Gasteiger partial charge is 0.233 e. The summed E-state index contributed by atoms with van der Waals surface area (Å²) in [5.41, 5.74) is 0.0796. The van der Waals surface area contributed by atoms with E-state index in [1.807, 2.05) is 0 Å². The summed E-state index contributed by atoms with van der Waals surface area (Å²) in [7, 11) is -3.44. The molecule has 3 aromatic rings. The molecule has 3 rings (SSSR count). The van der Waals surface area contributed by atoms with Gasteiger partial charge in [0.05, 0.1) is 21.3 Å². The lowest BCUT2D eigenvalue weighted by Gasteiger charge is -2.09. The van der Waals surface area contributed by atoms with Gasteiger partial charge in [-0.05, 0) is 42.5 Å². The number of alkyl halides is 3. The van der Waals surface area contributed by atoms with Crippen molar-refractivity contribution in [2.75, 3.05) is 6.26 Å². The van der Waals surface area contributed by atoms with Gasteiger partial charge in [-0.25, -0.2) is 13.1 Å². The molecular weight excluding hydrogens is 413 g/mol. The van der Waals surface area contributed by atoms with Crippen molar-refractivity contribution >= 4 is 21.4 Å². The molecule has 0 saturated carbocycles. The summed E-state index contributed by atoms with van der Waals surface area (Å²) in [5.74, 6) is 2.38. The first-order valence-electron chi connectivity index (χ1n) is 7.75. The molecule has 0 aliphatic heterocycles. The van der Waals surface area contributed by atoms with Crippen molar-refractivity contribution in [3.8, 4) is 29.3 Å². The molecule has 2 aromatic carbocycles. The largest absolute Gasteiger partial charge is 0.435 e. The molecular formula is C19H12ClF3N2O2S. The minimum Gasteiger partial charge on any atom is -0.233 e. The highest BCUT2D eigenvalue weighted by molar-refractivity contribution is 7.90. The van der Waals surface area contributed by atoms with Crippen LogP contribution in [0.15, 0.2) is 53.4 Å². The summed E-state index contributed by atoms with van der Waals surface area (Å²) in [4.78, 5) is 0.0439. The lowest BCUT2D eigenvalue weighted by atomic mass is 10.1. The van der Waals surface area contributed by atoms with Crippen molar-refractivity contribution in [2.24, 2.45) is 0 Å². The van der Waals surface area contributed by atoms with E-state index in [4.69, 9.17) is 18.0 Å². The van der Waals surface area contributed by atoms with Gasteiger partial charge in [-0.3, -0.25) is 0 Å². The second-order valence-electron chi connectivity index (χ2n) is 5.93. The lowest BCUT2D eigenvalue weighted by molar-refractivity contribution is -0.141. The third kappa shape index (κ3) is 3.91. The number of aromatic nitrogens is 2. The zero-order chi connectivity index (χ0) is 20.7. The number of hydrogen-bond donors (Lipinski definition) is 0. The Morgan fingerprint density at radius 1 is 1.11 bits per heavy atom. The number of sulfone groups is 1. The molecule has 0 N–H and O–H groups in total. The third-order valence-electron chi connectivity index (χ3n) is 3.93. The van der Waals surface area contributed by atoms with Gasteiger partial charge >= 0.3 is 6.18 Å². The average Bonchev–Trinajstić information content (AvgIpc) is 3.07. The fourth-order valence-electron chi connectivity index (χ4n) is 2.55. The molecule has 0 unspecified atom stereocenters. The molecule has 0 atom stereocenters. The van der Waals surface area contributed by atoms with Gasteiger partial charge in [-0.15, -0.1) is 6.42 Å².